The Morgan fingerprint density at radius 3 is 3.00 bits per heavy atom. The second-order valence-electron chi connectivity index (χ2n) is 3.89. The molecule has 1 aromatic heterocycles. The maximum absolute atomic E-state index is 9.86. The van der Waals surface area contributed by atoms with Crippen molar-refractivity contribution in [2.45, 2.75) is 12.6 Å². The molecule has 2 rings (SSSR count). The Kier molecular flexibility index (Phi) is 4.63. The average molecular weight is 331 g/mol. The lowest BCUT2D eigenvalue weighted by Gasteiger charge is -2.14. The SMILES string of the molecule is OC(CNc1ccc(Cl)cc1Br)Cn1cccn1. The molecule has 4 nitrogen and oxygen atoms in total. The van der Waals surface area contributed by atoms with Crippen LogP contribution in [0.1, 0.15) is 0 Å². The first-order valence-corrected chi connectivity index (χ1v) is 6.66. The summed E-state index contributed by atoms with van der Waals surface area (Å²) in [7, 11) is 0. The third kappa shape index (κ3) is 3.73. The Bertz CT molecular complexity index is 504. The third-order valence-corrected chi connectivity index (χ3v) is 3.31. The van der Waals surface area contributed by atoms with Crippen molar-refractivity contribution in [1.82, 2.24) is 9.78 Å². The highest BCUT2D eigenvalue weighted by Crippen LogP contribution is 2.25. The number of nitrogens with one attached hydrogen (secondary N) is 1. The van der Waals surface area contributed by atoms with Crippen molar-refractivity contribution in [3.63, 3.8) is 0 Å². The van der Waals surface area contributed by atoms with E-state index >= 15 is 0 Å². The molecule has 0 radical (unpaired) electrons. The van der Waals surface area contributed by atoms with Gasteiger partial charge in [0, 0.05) is 34.1 Å². The number of anilines is 1. The molecule has 0 saturated heterocycles. The molecular formula is C12H13BrClN3O. The smallest absolute Gasteiger partial charge is 0.0907 e. The zero-order chi connectivity index (χ0) is 13.0. The van der Waals surface area contributed by atoms with Crippen molar-refractivity contribution in [3.8, 4) is 0 Å². The van der Waals surface area contributed by atoms with E-state index in [-0.39, 0.29) is 0 Å². The molecule has 2 N–H and O–H groups in total. The Hall–Kier alpha value is -1.04. The van der Waals surface area contributed by atoms with Crippen molar-refractivity contribution in [3.05, 3.63) is 46.2 Å². The highest BCUT2D eigenvalue weighted by Gasteiger charge is 2.06. The Labute approximate surface area is 119 Å². The first-order chi connectivity index (χ1) is 8.65. The van der Waals surface area contributed by atoms with E-state index in [9.17, 15) is 5.11 Å². The van der Waals surface area contributed by atoms with E-state index in [1.165, 1.54) is 0 Å². The van der Waals surface area contributed by atoms with E-state index in [4.69, 9.17) is 11.6 Å². The Morgan fingerprint density at radius 1 is 1.50 bits per heavy atom. The third-order valence-electron chi connectivity index (χ3n) is 2.42. The molecule has 1 heterocycles. The Morgan fingerprint density at radius 2 is 2.33 bits per heavy atom. The van der Waals surface area contributed by atoms with Crippen molar-refractivity contribution >= 4 is 33.2 Å². The minimum Gasteiger partial charge on any atom is -0.389 e. The Balaban J connectivity index is 1.87. The van der Waals surface area contributed by atoms with Gasteiger partial charge in [0.1, 0.15) is 0 Å². The zero-order valence-corrected chi connectivity index (χ0v) is 11.9. The van der Waals surface area contributed by atoms with E-state index in [1.54, 1.807) is 16.9 Å². The van der Waals surface area contributed by atoms with E-state index in [2.05, 4.69) is 26.3 Å². The predicted octanol–water partition coefficient (Wildman–Crippen LogP) is 2.77. The van der Waals surface area contributed by atoms with Gasteiger partial charge in [-0.3, -0.25) is 4.68 Å². The first kappa shape index (κ1) is 13.4. The van der Waals surface area contributed by atoms with Gasteiger partial charge in [0.25, 0.3) is 0 Å². The van der Waals surface area contributed by atoms with Gasteiger partial charge in [-0.05, 0) is 40.2 Å². The van der Waals surface area contributed by atoms with Gasteiger partial charge >= 0.3 is 0 Å². The number of aliphatic hydroxyl groups is 1. The summed E-state index contributed by atoms with van der Waals surface area (Å²) < 4.78 is 2.57. The van der Waals surface area contributed by atoms with Gasteiger partial charge in [-0.25, -0.2) is 0 Å². The average Bonchev–Trinajstić information content (AvgIpc) is 2.80. The van der Waals surface area contributed by atoms with Crippen LogP contribution < -0.4 is 5.32 Å². The summed E-state index contributed by atoms with van der Waals surface area (Å²) >= 11 is 9.27. The molecular weight excluding hydrogens is 318 g/mol. The van der Waals surface area contributed by atoms with Crippen LogP contribution in [0.4, 0.5) is 5.69 Å². The summed E-state index contributed by atoms with van der Waals surface area (Å²) in [6.45, 7) is 0.908. The van der Waals surface area contributed by atoms with Gasteiger partial charge in [0.15, 0.2) is 0 Å². The fourth-order valence-electron chi connectivity index (χ4n) is 1.55. The molecule has 2 aromatic rings. The number of aromatic nitrogens is 2. The predicted molar refractivity (Wildman–Crippen MR) is 75.9 cm³/mol. The van der Waals surface area contributed by atoms with Gasteiger partial charge in [-0.15, -0.1) is 0 Å². The minimum absolute atomic E-state index is 0.445. The maximum atomic E-state index is 9.86. The van der Waals surface area contributed by atoms with Crippen molar-refractivity contribution in [2.75, 3.05) is 11.9 Å². The van der Waals surface area contributed by atoms with E-state index in [0.717, 1.165) is 10.2 Å². The van der Waals surface area contributed by atoms with Crippen molar-refractivity contribution in [2.24, 2.45) is 0 Å². The molecule has 0 aliphatic rings. The number of hydrogen-bond donors (Lipinski definition) is 2. The van der Waals surface area contributed by atoms with Crippen LogP contribution in [0, 0.1) is 0 Å². The lowest BCUT2D eigenvalue weighted by Crippen LogP contribution is -2.25. The van der Waals surface area contributed by atoms with Crippen LogP contribution in [0.5, 0.6) is 0 Å². The van der Waals surface area contributed by atoms with Crippen molar-refractivity contribution in [1.29, 1.82) is 0 Å². The normalized spacial score (nSPS) is 12.4. The van der Waals surface area contributed by atoms with Crippen LogP contribution in [0.2, 0.25) is 5.02 Å². The summed E-state index contributed by atoms with van der Waals surface area (Å²) in [6, 6.07) is 7.31. The summed E-state index contributed by atoms with van der Waals surface area (Å²) in [6.07, 6.45) is 3.00. The second kappa shape index (κ2) is 6.22. The van der Waals surface area contributed by atoms with Gasteiger partial charge in [-0.2, -0.15) is 5.10 Å². The fraction of sp³-hybridized carbons (Fsp3) is 0.250. The summed E-state index contributed by atoms with van der Waals surface area (Å²) in [5.74, 6) is 0. The van der Waals surface area contributed by atoms with Gasteiger partial charge < -0.3 is 10.4 Å². The second-order valence-corrected chi connectivity index (χ2v) is 5.18. The largest absolute Gasteiger partial charge is 0.389 e. The molecule has 1 aromatic carbocycles. The molecule has 1 atom stereocenters. The number of aliphatic hydroxyl groups excluding tert-OH is 1. The highest BCUT2D eigenvalue weighted by molar-refractivity contribution is 9.10. The van der Waals surface area contributed by atoms with Crippen LogP contribution in [0.3, 0.4) is 0 Å². The van der Waals surface area contributed by atoms with Crippen LogP contribution in [0.25, 0.3) is 0 Å². The molecule has 0 saturated carbocycles. The maximum Gasteiger partial charge on any atom is 0.0907 e. The number of halogens is 2. The molecule has 1 unspecified atom stereocenters. The summed E-state index contributed by atoms with van der Waals surface area (Å²) in [5, 5.41) is 17.7. The lowest BCUT2D eigenvalue weighted by molar-refractivity contribution is 0.161. The van der Waals surface area contributed by atoms with Crippen LogP contribution in [-0.2, 0) is 6.54 Å². The van der Waals surface area contributed by atoms with E-state index in [1.807, 2.05) is 24.4 Å². The molecule has 0 aliphatic heterocycles. The van der Waals surface area contributed by atoms with E-state index in [0.29, 0.717) is 18.1 Å². The van der Waals surface area contributed by atoms with E-state index < -0.39 is 6.10 Å². The number of rotatable bonds is 5. The zero-order valence-electron chi connectivity index (χ0n) is 9.55. The minimum atomic E-state index is -0.507. The molecule has 96 valence electrons. The monoisotopic (exact) mass is 329 g/mol. The van der Waals surface area contributed by atoms with Crippen molar-refractivity contribution < 1.29 is 5.11 Å². The van der Waals surface area contributed by atoms with Gasteiger partial charge in [-0.1, -0.05) is 11.6 Å². The number of hydrogen-bond acceptors (Lipinski definition) is 3. The molecule has 0 fully saturated rings. The quantitative estimate of drug-likeness (QED) is 0.886. The topological polar surface area (TPSA) is 50.1 Å². The number of nitrogens with zero attached hydrogens (tertiary/aromatic N) is 2. The first-order valence-electron chi connectivity index (χ1n) is 5.49. The molecule has 6 heteroatoms. The number of benzene rings is 1. The molecule has 18 heavy (non-hydrogen) atoms. The standard InChI is InChI=1S/C12H13BrClN3O/c13-11-6-9(14)2-3-12(11)15-7-10(18)8-17-5-1-4-16-17/h1-6,10,15,18H,7-8H2. The highest BCUT2D eigenvalue weighted by atomic mass is 79.9. The van der Waals surface area contributed by atoms with Crippen LogP contribution in [0.15, 0.2) is 41.1 Å². The molecule has 0 bridgehead atoms. The van der Waals surface area contributed by atoms with Crippen LogP contribution in [-0.4, -0.2) is 27.5 Å². The lowest BCUT2D eigenvalue weighted by atomic mass is 10.3. The van der Waals surface area contributed by atoms with Gasteiger partial charge in [0.2, 0.25) is 0 Å². The fourth-order valence-corrected chi connectivity index (χ4v) is 2.37. The summed E-state index contributed by atoms with van der Waals surface area (Å²) in [4.78, 5) is 0. The molecule has 0 amide bonds. The van der Waals surface area contributed by atoms with Gasteiger partial charge in [0.05, 0.1) is 12.6 Å². The molecule has 0 spiro atoms. The molecule has 0 aliphatic carbocycles. The van der Waals surface area contributed by atoms with Crippen LogP contribution >= 0.6 is 27.5 Å². The summed E-state index contributed by atoms with van der Waals surface area (Å²) in [5.41, 5.74) is 0.902.